The van der Waals surface area contributed by atoms with Crippen molar-refractivity contribution in [2.24, 2.45) is 11.7 Å². The Labute approximate surface area is 68.3 Å². The van der Waals surface area contributed by atoms with Crippen LogP contribution in [-0.4, -0.2) is 32.3 Å². The van der Waals surface area contributed by atoms with Crippen LogP contribution in [0.1, 0.15) is 13.3 Å². The highest BCUT2D eigenvalue weighted by molar-refractivity contribution is 4.90. The summed E-state index contributed by atoms with van der Waals surface area (Å²) in [4.78, 5) is 0. The first kappa shape index (κ1) is 8.97. The SMILES string of the molecule is COC(CN)CNC1CC1C. The summed E-state index contributed by atoms with van der Waals surface area (Å²) in [5.41, 5.74) is 5.46. The molecule has 0 radical (unpaired) electrons. The van der Waals surface area contributed by atoms with Gasteiger partial charge in [-0.15, -0.1) is 0 Å². The molecule has 0 aromatic rings. The lowest BCUT2D eigenvalue weighted by Gasteiger charge is -2.13. The van der Waals surface area contributed by atoms with Crippen molar-refractivity contribution in [2.75, 3.05) is 20.2 Å². The van der Waals surface area contributed by atoms with Gasteiger partial charge in [-0.05, 0) is 12.3 Å². The quantitative estimate of drug-likeness (QED) is 0.590. The van der Waals surface area contributed by atoms with Gasteiger partial charge in [0.05, 0.1) is 6.10 Å². The minimum absolute atomic E-state index is 0.183. The van der Waals surface area contributed by atoms with Crippen molar-refractivity contribution in [1.29, 1.82) is 0 Å². The predicted molar refractivity (Wildman–Crippen MR) is 45.4 cm³/mol. The normalized spacial score (nSPS) is 31.9. The number of rotatable bonds is 5. The number of nitrogens with one attached hydrogen (secondary N) is 1. The lowest BCUT2D eigenvalue weighted by Crippen LogP contribution is -2.35. The highest BCUT2D eigenvalue weighted by Gasteiger charge is 2.32. The van der Waals surface area contributed by atoms with Crippen molar-refractivity contribution in [3.05, 3.63) is 0 Å². The van der Waals surface area contributed by atoms with Crippen molar-refractivity contribution in [1.82, 2.24) is 5.32 Å². The van der Waals surface area contributed by atoms with E-state index in [1.807, 2.05) is 0 Å². The Morgan fingerprint density at radius 2 is 2.36 bits per heavy atom. The molecule has 0 bridgehead atoms. The van der Waals surface area contributed by atoms with Gasteiger partial charge in [-0.2, -0.15) is 0 Å². The Kier molecular flexibility index (Phi) is 3.30. The molecule has 3 atom stereocenters. The summed E-state index contributed by atoms with van der Waals surface area (Å²) in [7, 11) is 1.70. The molecule has 0 aliphatic heterocycles. The van der Waals surface area contributed by atoms with E-state index in [1.54, 1.807) is 7.11 Å². The van der Waals surface area contributed by atoms with Gasteiger partial charge in [-0.25, -0.2) is 0 Å². The molecular weight excluding hydrogens is 140 g/mol. The van der Waals surface area contributed by atoms with Crippen LogP contribution < -0.4 is 11.1 Å². The van der Waals surface area contributed by atoms with Gasteiger partial charge in [0, 0.05) is 26.2 Å². The molecule has 1 rings (SSSR count). The van der Waals surface area contributed by atoms with Crippen LogP contribution in [0.25, 0.3) is 0 Å². The van der Waals surface area contributed by atoms with Crippen LogP contribution >= 0.6 is 0 Å². The first-order valence-electron chi connectivity index (χ1n) is 4.24. The second-order valence-corrected chi connectivity index (χ2v) is 3.32. The van der Waals surface area contributed by atoms with Crippen molar-refractivity contribution in [3.63, 3.8) is 0 Å². The van der Waals surface area contributed by atoms with Crippen LogP contribution in [0.3, 0.4) is 0 Å². The molecule has 3 N–H and O–H groups in total. The minimum atomic E-state index is 0.183. The predicted octanol–water partition coefficient (Wildman–Crippen LogP) is -0.0419. The maximum Gasteiger partial charge on any atom is 0.0817 e. The van der Waals surface area contributed by atoms with E-state index in [1.165, 1.54) is 6.42 Å². The molecule has 0 spiro atoms. The molecule has 1 aliphatic carbocycles. The molecule has 0 amide bonds. The zero-order valence-electron chi connectivity index (χ0n) is 7.34. The molecule has 0 saturated heterocycles. The zero-order valence-corrected chi connectivity index (χ0v) is 7.34. The molecule has 66 valence electrons. The molecule has 3 unspecified atom stereocenters. The van der Waals surface area contributed by atoms with Crippen molar-refractivity contribution in [2.45, 2.75) is 25.5 Å². The lowest BCUT2D eigenvalue weighted by molar-refractivity contribution is 0.108. The maximum absolute atomic E-state index is 5.46. The lowest BCUT2D eigenvalue weighted by atomic mass is 10.3. The summed E-state index contributed by atoms with van der Waals surface area (Å²) in [6.07, 6.45) is 1.49. The van der Waals surface area contributed by atoms with Crippen LogP contribution in [-0.2, 0) is 4.74 Å². The van der Waals surface area contributed by atoms with Gasteiger partial charge in [0.15, 0.2) is 0 Å². The van der Waals surface area contributed by atoms with Crippen LogP contribution in [0, 0.1) is 5.92 Å². The second-order valence-electron chi connectivity index (χ2n) is 3.32. The molecule has 1 saturated carbocycles. The molecular formula is C8H18N2O. The number of hydrogen-bond acceptors (Lipinski definition) is 3. The maximum atomic E-state index is 5.46. The molecule has 3 nitrogen and oxygen atoms in total. The van der Waals surface area contributed by atoms with Crippen molar-refractivity contribution in [3.8, 4) is 0 Å². The zero-order chi connectivity index (χ0) is 8.27. The summed E-state index contributed by atoms with van der Waals surface area (Å²) >= 11 is 0. The standard InChI is InChI=1S/C8H18N2O/c1-6-3-8(6)10-5-7(4-9)11-2/h6-8,10H,3-5,9H2,1-2H3. The molecule has 0 heterocycles. The largest absolute Gasteiger partial charge is 0.379 e. The van der Waals surface area contributed by atoms with E-state index in [-0.39, 0.29) is 6.10 Å². The fourth-order valence-corrected chi connectivity index (χ4v) is 1.15. The molecule has 1 aliphatic rings. The highest BCUT2D eigenvalue weighted by atomic mass is 16.5. The fourth-order valence-electron chi connectivity index (χ4n) is 1.15. The fraction of sp³-hybridized carbons (Fsp3) is 1.00. The third-order valence-electron chi connectivity index (χ3n) is 2.31. The molecule has 1 fully saturated rings. The molecule has 11 heavy (non-hydrogen) atoms. The summed E-state index contributed by atoms with van der Waals surface area (Å²) in [5.74, 6) is 0.852. The Hall–Kier alpha value is -0.120. The second kappa shape index (κ2) is 4.04. The van der Waals surface area contributed by atoms with E-state index in [2.05, 4.69) is 12.2 Å². The molecule has 3 heteroatoms. The Balaban J connectivity index is 2.01. The highest BCUT2D eigenvalue weighted by Crippen LogP contribution is 2.28. The third-order valence-corrected chi connectivity index (χ3v) is 2.31. The monoisotopic (exact) mass is 158 g/mol. The van der Waals surface area contributed by atoms with Crippen LogP contribution in [0.15, 0.2) is 0 Å². The van der Waals surface area contributed by atoms with E-state index >= 15 is 0 Å². The third kappa shape index (κ3) is 2.77. The topological polar surface area (TPSA) is 47.3 Å². The first-order valence-corrected chi connectivity index (χ1v) is 4.24. The van der Waals surface area contributed by atoms with Crippen molar-refractivity contribution >= 4 is 0 Å². The van der Waals surface area contributed by atoms with E-state index < -0.39 is 0 Å². The number of methoxy groups -OCH3 is 1. The van der Waals surface area contributed by atoms with Crippen LogP contribution in [0.5, 0.6) is 0 Å². The van der Waals surface area contributed by atoms with Gasteiger partial charge in [0.25, 0.3) is 0 Å². The summed E-state index contributed by atoms with van der Waals surface area (Å²) in [5, 5.41) is 3.40. The average Bonchev–Trinajstić information content (AvgIpc) is 2.69. The van der Waals surface area contributed by atoms with Gasteiger partial charge < -0.3 is 15.8 Å². The summed E-state index contributed by atoms with van der Waals surface area (Å²) in [6, 6.07) is 0.721. The Morgan fingerprint density at radius 1 is 1.73 bits per heavy atom. The summed E-state index contributed by atoms with van der Waals surface area (Å²) < 4.78 is 5.13. The minimum Gasteiger partial charge on any atom is -0.379 e. The molecule has 0 aromatic carbocycles. The smallest absolute Gasteiger partial charge is 0.0817 e. The van der Waals surface area contributed by atoms with E-state index in [4.69, 9.17) is 10.5 Å². The Bertz CT molecular complexity index is 115. The van der Waals surface area contributed by atoms with E-state index in [9.17, 15) is 0 Å². The summed E-state index contributed by atoms with van der Waals surface area (Å²) in [6.45, 7) is 3.74. The van der Waals surface area contributed by atoms with Gasteiger partial charge in [0.2, 0.25) is 0 Å². The van der Waals surface area contributed by atoms with Gasteiger partial charge >= 0.3 is 0 Å². The van der Waals surface area contributed by atoms with E-state index in [0.29, 0.717) is 6.54 Å². The number of nitrogens with two attached hydrogens (primary N) is 1. The number of ether oxygens (including phenoxy) is 1. The first-order chi connectivity index (χ1) is 5.27. The van der Waals surface area contributed by atoms with Crippen LogP contribution in [0.4, 0.5) is 0 Å². The molecule has 0 aromatic heterocycles. The van der Waals surface area contributed by atoms with Crippen LogP contribution in [0.2, 0.25) is 0 Å². The van der Waals surface area contributed by atoms with Crippen molar-refractivity contribution < 1.29 is 4.74 Å². The van der Waals surface area contributed by atoms with Gasteiger partial charge in [0.1, 0.15) is 0 Å². The van der Waals surface area contributed by atoms with Gasteiger partial charge in [-0.1, -0.05) is 6.92 Å². The van der Waals surface area contributed by atoms with E-state index in [0.717, 1.165) is 18.5 Å². The Morgan fingerprint density at radius 3 is 2.73 bits per heavy atom. The number of hydrogen-bond donors (Lipinski definition) is 2. The average molecular weight is 158 g/mol. The van der Waals surface area contributed by atoms with Gasteiger partial charge in [-0.3, -0.25) is 0 Å².